The Labute approximate surface area is 107 Å². The van der Waals surface area contributed by atoms with Gasteiger partial charge in [0.25, 0.3) is 0 Å². The van der Waals surface area contributed by atoms with E-state index >= 15 is 0 Å². The predicted octanol–water partition coefficient (Wildman–Crippen LogP) is 2.57. The van der Waals surface area contributed by atoms with Gasteiger partial charge in [0.1, 0.15) is 12.4 Å². The highest BCUT2D eigenvalue weighted by atomic mass is 16.5. The van der Waals surface area contributed by atoms with Gasteiger partial charge in [-0.25, -0.2) is 0 Å². The van der Waals surface area contributed by atoms with E-state index in [1.54, 1.807) is 18.2 Å². The van der Waals surface area contributed by atoms with E-state index in [0.717, 1.165) is 6.42 Å². The van der Waals surface area contributed by atoms with Gasteiger partial charge in [0, 0.05) is 6.61 Å². The van der Waals surface area contributed by atoms with Crippen molar-refractivity contribution in [3.05, 3.63) is 29.3 Å². The Kier molecular flexibility index (Phi) is 5.89. The maximum absolute atomic E-state index is 11.4. The fraction of sp³-hybridized carbons (Fsp3) is 0.429. The maximum atomic E-state index is 11.4. The highest BCUT2D eigenvalue weighted by molar-refractivity contribution is 5.97. The predicted molar refractivity (Wildman–Crippen MR) is 67.8 cm³/mol. The number of rotatable bonds is 7. The summed E-state index contributed by atoms with van der Waals surface area (Å²) in [7, 11) is 0. The van der Waals surface area contributed by atoms with Crippen molar-refractivity contribution in [1.82, 2.24) is 0 Å². The number of hydrogen-bond acceptors (Lipinski definition) is 4. The average Bonchev–Trinajstić information content (AvgIpc) is 2.38. The fourth-order valence-corrected chi connectivity index (χ4v) is 1.46. The number of ether oxygens (including phenoxy) is 2. The molecule has 96 valence electrons. The molecule has 0 heterocycles. The van der Waals surface area contributed by atoms with Crippen molar-refractivity contribution in [3.63, 3.8) is 0 Å². The Morgan fingerprint density at radius 3 is 2.72 bits per heavy atom. The normalized spacial score (nSPS) is 9.83. The molecule has 0 saturated heterocycles. The molecule has 0 amide bonds. The standard InChI is InChI=1S/C14H17NO3/c1-3-6-17-7-8-18-14-9-12(10-15)4-5-13(14)11(2)16/h4-5,9H,3,6-8H2,1-2H3. The lowest BCUT2D eigenvalue weighted by Gasteiger charge is -2.10. The van der Waals surface area contributed by atoms with Gasteiger partial charge < -0.3 is 9.47 Å². The zero-order valence-corrected chi connectivity index (χ0v) is 10.7. The molecule has 0 aliphatic rings. The molecule has 0 aliphatic carbocycles. The lowest BCUT2D eigenvalue weighted by molar-refractivity contribution is 0.0963. The van der Waals surface area contributed by atoms with Gasteiger partial charge in [0.2, 0.25) is 0 Å². The molecule has 0 spiro atoms. The zero-order chi connectivity index (χ0) is 13.4. The first kappa shape index (κ1) is 14.2. The number of benzene rings is 1. The molecule has 0 saturated carbocycles. The molecule has 0 aromatic heterocycles. The van der Waals surface area contributed by atoms with Crippen molar-refractivity contribution in [2.45, 2.75) is 20.3 Å². The molecule has 0 atom stereocenters. The quantitative estimate of drug-likeness (QED) is 0.549. The Hall–Kier alpha value is -1.86. The van der Waals surface area contributed by atoms with Gasteiger partial charge in [-0.1, -0.05) is 6.92 Å². The van der Waals surface area contributed by atoms with Gasteiger partial charge in [-0.05, 0) is 31.5 Å². The summed E-state index contributed by atoms with van der Waals surface area (Å²) in [5.41, 5.74) is 0.967. The van der Waals surface area contributed by atoms with Gasteiger partial charge >= 0.3 is 0 Å². The fourth-order valence-electron chi connectivity index (χ4n) is 1.46. The number of nitrogens with zero attached hydrogens (tertiary/aromatic N) is 1. The third-order valence-electron chi connectivity index (χ3n) is 2.32. The van der Waals surface area contributed by atoms with Gasteiger partial charge in [-0.2, -0.15) is 5.26 Å². The van der Waals surface area contributed by atoms with Crippen LogP contribution >= 0.6 is 0 Å². The van der Waals surface area contributed by atoms with Crippen LogP contribution in [0.4, 0.5) is 0 Å². The van der Waals surface area contributed by atoms with E-state index in [0.29, 0.717) is 36.7 Å². The van der Waals surface area contributed by atoms with E-state index in [1.807, 2.05) is 13.0 Å². The van der Waals surface area contributed by atoms with Crippen LogP contribution < -0.4 is 4.74 Å². The first-order chi connectivity index (χ1) is 8.69. The second-order valence-corrected chi connectivity index (χ2v) is 3.84. The van der Waals surface area contributed by atoms with Crippen molar-refractivity contribution in [2.75, 3.05) is 19.8 Å². The van der Waals surface area contributed by atoms with Crippen LogP contribution in [0.2, 0.25) is 0 Å². The minimum atomic E-state index is -0.0797. The van der Waals surface area contributed by atoms with Gasteiger partial charge in [-0.3, -0.25) is 4.79 Å². The van der Waals surface area contributed by atoms with Crippen LogP contribution in [0.3, 0.4) is 0 Å². The number of carbonyl (C=O) groups excluding carboxylic acids is 1. The van der Waals surface area contributed by atoms with Crippen LogP contribution in [0.25, 0.3) is 0 Å². The Morgan fingerprint density at radius 2 is 2.11 bits per heavy atom. The van der Waals surface area contributed by atoms with Crippen LogP contribution in [0.15, 0.2) is 18.2 Å². The van der Waals surface area contributed by atoms with Crippen LogP contribution in [-0.4, -0.2) is 25.6 Å². The highest BCUT2D eigenvalue weighted by Gasteiger charge is 2.09. The number of Topliss-reactive ketones (excluding diaryl/α,β-unsaturated/α-hetero) is 1. The van der Waals surface area contributed by atoms with Crippen molar-refractivity contribution < 1.29 is 14.3 Å². The molecule has 0 bridgehead atoms. The van der Waals surface area contributed by atoms with Crippen molar-refractivity contribution in [1.29, 1.82) is 5.26 Å². The number of nitriles is 1. The van der Waals surface area contributed by atoms with E-state index in [-0.39, 0.29) is 5.78 Å². The molecule has 1 aromatic carbocycles. The Balaban J connectivity index is 2.67. The molecule has 1 rings (SSSR count). The number of carbonyl (C=O) groups is 1. The summed E-state index contributed by atoms with van der Waals surface area (Å²) in [6.07, 6.45) is 0.961. The molecule has 0 aliphatic heterocycles. The minimum absolute atomic E-state index is 0.0797. The molecule has 0 N–H and O–H groups in total. The molecular formula is C14H17NO3. The van der Waals surface area contributed by atoms with Gasteiger partial charge in [0.05, 0.1) is 23.8 Å². The van der Waals surface area contributed by atoms with Crippen LogP contribution in [-0.2, 0) is 4.74 Å². The molecule has 1 aromatic rings. The van der Waals surface area contributed by atoms with Crippen LogP contribution in [0.1, 0.15) is 36.2 Å². The van der Waals surface area contributed by atoms with Crippen molar-refractivity contribution in [2.24, 2.45) is 0 Å². The lowest BCUT2D eigenvalue weighted by atomic mass is 10.1. The smallest absolute Gasteiger partial charge is 0.163 e. The molecular weight excluding hydrogens is 230 g/mol. The summed E-state index contributed by atoms with van der Waals surface area (Å²) in [6, 6.07) is 6.82. The Morgan fingerprint density at radius 1 is 1.33 bits per heavy atom. The third kappa shape index (κ3) is 4.19. The van der Waals surface area contributed by atoms with Gasteiger partial charge in [-0.15, -0.1) is 0 Å². The SMILES string of the molecule is CCCOCCOc1cc(C#N)ccc1C(C)=O. The molecule has 0 radical (unpaired) electrons. The summed E-state index contributed by atoms with van der Waals surface area (Å²) in [5, 5.41) is 8.82. The average molecular weight is 247 g/mol. The van der Waals surface area contributed by atoms with E-state index in [1.165, 1.54) is 6.92 Å². The monoisotopic (exact) mass is 247 g/mol. The van der Waals surface area contributed by atoms with E-state index in [9.17, 15) is 4.79 Å². The minimum Gasteiger partial charge on any atom is -0.490 e. The first-order valence-corrected chi connectivity index (χ1v) is 5.94. The molecule has 18 heavy (non-hydrogen) atoms. The molecule has 4 nitrogen and oxygen atoms in total. The summed E-state index contributed by atoms with van der Waals surface area (Å²) in [6.45, 7) is 5.05. The number of hydrogen-bond donors (Lipinski definition) is 0. The summed E-state index contributed by atoms with van der Waals surface area (Å²) >= 11 is 0. The lowest BCUT2D eigenvalue weighted by Crippen LogP contribution is -2.09. The van der Waals surface area contributed by atoms with Crippen LogP contribution in [0.5, 0.6) is 5.75 Å². The largest absolute Gasteiger partial charge is 0.490 e. The van der Waals surface area contributed by atoms with E-state index in [4.69, 9.17) is 14.7 Å². The second kappa shape index (κ2) is 7.46. The van der Waals surface area contributed by atoms with E-state index in [2.05, 4.69) is 0 Å². The van der Waals surface area contributed by atoms with Crippen LogP contribution in [0, 0.1) is 11.3 Å². The zero-order valence-electron chi connectivity index (χ0n) is 10.7. The van der Waals surface area contributed by atoms with Crippen molar-refractivity contribution in [3.8, 4) is 11.8 Å². The van der Waals surface area contributed by atoms with Crippen molar-refractivity contribution >= 4 is 5.78 Å². The highest BCUT2D eigenvalue weighted by Crippen LogP contribution is 2.20. The Bertz CT molecular complexity index is 449. The van der Waals surface area contributed by atoms with Gasteiger partial charge in [0.15, 0.2) is 5.78 Å². The first-order valence-electron chi connectivity index (χ1n) is 5.94. The number of ketones is 1. The van der Waals surface area contributed by atoms with E-state index < -0.39 is 0 Å². The summed E-state index contributed by atoms with van der Waals surface area (Å²) in [4.78, 5) is 11.4. The maximum Gasteiger partial charge on any atom is 0.163 e. The second-order valence-electron chi connectivity index (χ2n) is 3.84. The molecule has 4 heteroatoms. The third-order valence-corrected chi connectivity index (χ3v) is 2.32. The topological polar surface area (TPSA) is 59.3 Å². The molecule has 0 fully saturated rings. The summed E-state index contributed by atoms with van der Waals surface area (Å²) in [5.74, 6) is 0.366. The summed E-state index contributed by atoms with van der Waals surface area (Å²) < 4.78 is 10.8. The molecule has 0 unspecified atom stereocenters.